The van der Waals surface area contributed by atoms with Crippen LogP contribution in [0, 0.1) is 0 Å². The Morgan fingerprint density at radius 2 is 0.500 bits per heavy atom. The summed E-state index contributed by atoms with van der Waals surface area (Å²) in [5.74, 6) is 0. The molecule has 12 aromatic rings. The van der Waals surface area contributed by atoms with Crippen LogP contribution in [0.3, 0.4) is 0 Å². The van der Waals surface area contributed by atoms with Gasteiger partial charge in [0.25, 0.3) is 0 Å². The Bertz CT molecular complexity index is 3920. The summed E-state index contributed by atoms with van der Waals surface area (Å²) in [6.45, 7) is 0. The van der Waals surface area contributed by atoms with Crippen LogP contribution in [0.4, 0.5) is 0 Å². The zero-order valence-corrected chi connectivity index (χ0v) is 38.9. The lowest BCUT2D eigenvalue weighted by atomic mass is 9.69. The normalized spacial score (nSPS) is 14.1. The fourth-order valence-corrected chi connectivity index (χ4v) is 13.4. The summed E-state index contributed by atoms with van der Waals surface area (Å²) in [6, 6.07) is 81.0. The van der Waals surface area contributed by atoms with Crippen molar-refractivity contribution in [3.8, 4) is 89.3 Å². The van der Waals surface area contributed by atoms with Gasteiger partial charge in [-0.05, 0) is 172 Å². The van der Waals surface area contributed by atoms with Crippen LogP contribution in [-0.2, 0) is 10.8 Å². The van der Waals surface area contributed by atoms with Crippen LogP contribution in [0.5, 0.6) is 0 Å². The van der Waals surface area contributed by atoms with Crippen molar-refractivity contribution < 1.29 is 0 Å². The van der Waals surface area contributed by atoms with E-state index in [1.807, 2.05) is 24.8 Å². The van der Waals surface area contributed by atoms with Crippen LogP contribution >= 0.6 is 0 Å². The van der Waals surface area contributed by atoms with Crippen molar-refractivity contribution in [2.75, 3.05) is 0 Å². The van der Waals surface area contributed by atoms with E-state index in [4.69, 9.17) is 9.97 Å². The summed E-state index contributed by atoms with van der Waals surface area (Å²) in [5.41, 5.74) is 29.4. The molecular formula is C68H40N4. The highest BCUT2D eigenvalue weighted by Crippen LogP contribution is 2.65. The molecule has 0 N–H and O–H groups in total. The van der Waals surface area contributed by atoms with Crippen molar-refractivity contribution in [2.45, 2.75) is 10.8 Å². The van der Waals surface area contributed by atoms with Crippen LogP contribution < -0.4 is 0 Å². The summed E-state index contributed by atoms with van der Waals surface area (Å²) in [6.07, 6.45) is 7.53. The van der Waals surface area contributed by atoms with E-state index in [0.29, 0.717) is 0 Å². The SMILES string of the molecule is c1ccc2c(c1)-c1ccccc1C21c2cc(-c3ccncc3)ccc2-c2ccc(-c3nc4ccccc4nc3-c3ccc4c(c3)C3(c5ccccc5-c5ccccc53)c3cc(-c5ccncc5)ccc3-4)cc21. The average Bonchev–Trinajstić information content (AvgIpc) is 4.13. The molecule has 0 fully saturated rings. The summed E-state index contributed by atoms with van der Waals surface area (Å²) in [4.78, 5) is 20.0. The van der Waals surface area contributed by atoms with E-state index in [1.165, 1.54) is 100 Å². The van der Waals surface area contributed by atoms with Gasteiger partial charge in [-0.3, -0.25) is 9.97 Å². The molecule has 0 atom stereocenters. The number of rotatable bonds is 4. The molecular weight excluding hydrogens is 873 g/mol. The monoisotopic (exact) mass is 912 g/mol. The van der Waals surface area contributed by atoms with E-state index >= 15 is 0 Å². The van der Waals surface area contributed by atoms with Crippen molar-refractivity contribution in [1.29, 1.82) is 0 Å². The number of hydrogen-bond donors (Lipinski definition) is 0. The van der Waals surface area contributed by atoms with Gasteiger partial charge in [-0.25, -0.2) is 9.97 Å². The zero-order chi connectivity index (χ0) is 47.1. The summed E-state index contributed by atoms with van der Waals surface area (Å²) >= 11 is 0. The van der Waals surface area contributed by atoms with Crippen LogP contribution in [0.15, 0.2) is 243 Å². The van der Waals surface area contributed by atoms with Gasteiger partial charge in [0.1, 0.15) is 0 Å². The third-order valence-electron chi connectivity index (χ3n) is 16.3. The molecule has 16 rings (SSSR count). The molecule has 4 aliphatic rings. The first kappa shape index (κ1) is 39.5. The van der Waals surface area contributed by atoms with Crippen LogP contribution in [-0.4, -0.2) is 19.9 Å². The summed E-state index contributed by atoms with van der Waals surface area (Å²) in [5, 5.41) is 0. The van der Waals surface area contributed by atoms with Gasteiger partial charge in [0.2, 0.25) is 0 Å². The quantitative estimate of drug-likeness (QED) is 0.177. The number of para-hydroxylation sites is 2. The molecule has 4 heteroatoms. The first-order valence-corrected chi connectivity index (χ1v) is 24.8. The maximum Gasteiger partial charge on any atom is 0.0973 e. The number of pyridine rings is 2. The lowest BCUT2D eigenvalue weighted by Crippen LogP contribution is -2.26. The molecule has 4 nitrogen and oxygen atoms in total. The van der Waals surface area contributed by atoms with E-state index in [0.717, 1.165) is 44.7 Å². The topological polar surface area (TPSA) is 51.6 Å². The van der Waals surface area contributed by atoms with Gasteiger partial charge < -0.3 is 0 Å². The summed E-state index contributed by atoms with van der Waals surface area (Å²) < 4.78 is 0. The molecule has 0 amide bonds. The van der Waals surface area contributed by atoms with Gasteiger partial charge >= 0.3 is 0 Å². The smallest absolute Gasteiger partial charge is 0.0973 e. The van der Waals surface area contributed by atoms with Gasteiger partial charge in [0.15, 0.2) is 0 Å². The molecule has 4 aliphatic carbocycles. The first-order chi connectivity index (χ1) is 35.7. The van der Waals surface area contributed by atoms with Gasteiger partial charge in [0, 0.05) is 35.9 Å². The van der Waals surface area contributed by atoms with E-state index in [-0.39, 0.29) is 0 Å². The second-order valence-corrected chi connectivity index (χ2v) is 19.6. The van der Waals surface area contributed by atoms with Crippen LogP contribution in [0.25, 0.3) is 100 Å². The molecule has 0 saturated carbocycles. The highest BCUT2D eigenvalue weighted by molar-refractivity contribution is 6.00. The zero-order valence-electron chi connectivity index (χ0n) is 38.9. The largest absolute Gasteiger partial charge is 0.265 e. The predicted molar refractivity (Wildman–Crippen MR) is 289 cm³/mol. The van der Waals surface area contributed by atoms with Crippen molar-refractivity contribution in [3.05, 3.63) is 288 Å². The molecule has 332 valence electrons. The lowest BCUT2D eigenvalue weighted by molar-refractivity contribution is 0.794. The molecule has 9 aromatic carbocycles. The fourth-order valence-electron chi connectivity index (χ4n) is 13.4. The first-order valence-electron chi connectivity index (χ1n) is 24.8. The highest BCUT2D eigenvalue weighted by Gasteiger charge is 2.53. The van der Waals surface area contributed by atoms with Crippen molar-refractivity contribution in [2.24, 2.45) is 0 Å². The fraction of sp³-hybridized carbons (Fsp3) is 0.0294. The minimum Gasteiger partial charge on any atom is -0.265 e. The Hall–Kier alpha value is -9.38. The molecule has 0 unspecified atom stereocenters. The van der Waals surface area contributed by atoms with Crippen LogP contribution in [0.2, 0.25) is 0 Å². The third kappa shape index (κ3) is 5.10. The molecule has 0 aliphatic heterocycles. The molecule has 0 bridgehead atoms. The van der Waals surface area contributed by atoms with Crippen molar-refractivity contribution in [1.82, 2.24) is 19.9 Å². The molecule has 3 heterocycles. The lowest BCUT2D eigenvalue weighted by Gasteiger charge is -2.31. The maximum atomic E-state index is 5.62. The Balaban J connectivity index is 0.946. The average molecular weight is 913 g/mol. The van der Waals surface area contributed by atoms with Crippen molar-refractivity contribution in [3.63, 3.8) is 0 Å². The molecule has 2 spiro atoms. The number of nitrogens with zero attached hydrogens (tertiary/aromatic N) is 4. The second kappa shape index (κ2) is 14.6. The Morgan fingerprint density at radius 3 is 0.847 bits per heavy atom. The Morgan fingerprint density at radius 1 is 0.222 bits per heavy atom. The number of benzene rings is 9. The minimum atomic E-state index is -0.564. The number of fused-ring (bicyclic) bond motifs is 21. The van der Waals surface area contributed by atoms with E-state index in [1.54, 1.807) is 0 Å². The molecule has 0 saturated heterocycles. The van der Waals surface area contributed by atoms with Gasteiger partial charge in [0.05, 0.1) is 33.3 Å². The Kier molecular flexibility index (Phi) is 7.99. The highest BCUT2D eigenvalue weighted by atomic mass is 14.8. The van der Waals surface area contributed by atoms with E-state index in [2.05, 4.69) is 228 Å². The van der Waals surface area contributed by atoms with Gasteiger partial charge in [-0.1, -0.05) is 158 Å². The standard InChI is InChI=1S/C68H40N4/c1-5-15-55-47(11-1)48-12-2-6-16-56(48)67(55)59-37-43(41-29-33-69-34-30-41)21-25-51(59)53-27-23-45(39-61(53)67)65-66(72-64-20-10-9-19-63(64)71-65)46-24-28-54-52-26-22-44(42-31-35-70-36-32-42)38-60(52)68(62(54)40-46)57-17-7-3-13-49(57)50-14-4-8-18-58(50)68/h1-40H. The summed E-state index contributed by atoms with van der Waals surface area (Å²) in [7, 11) is 0. The Labute approximate surface area is 416 Å². The second-order valence-electron chi connectivity index (χ2n) is 19.6. The van der Waals surface area contributed by atoms with Gasteiger partial charge in [-0.2, -0.15) is 0 Å². The predicted octanol–water partition coefficient (Wildman–Crippen LogP) is 15.8. The molecule has 0 radical (unpaired) electrons. The number of hydrogen-bond acceptors (Lipinski definition) is 4. The maximum absolute atomic E-state index is 5.62. The number of aromatic nitrogens is 4. The van der Waals surface area contributed by atoms with Gasteiger partial charge in [-0.15, -0.1) is 0 Å². The van der Waals surface area contributed by atoms with E-state index < -0.39 is 10.8 Å². The van der Waals surface area contributed by atoms with E-state index in [9.17, 15) is 0 Å². The minimum absolute atomic E-state index is 0.564. The van der Waals surface area contributed by atoms with Crippen molar-refractivity contribution >= 4 is 11.0 Å². The molecule has 72 heavy (non-hydrogen) atoms. The molecule has 3 aromatic heterocycles. The third-order valence-corrected chi connectivity index (χ3v) is 16.3. The van der Waals surface area contributed by atoms with Crippen LogP contribution in [0.1, 0.15) is 44.5 Å².